The lowest BCUT2D eigenvalue weighted by Gasteiger charge is -2.35. The molecule has 35 heavy (non-hydrogen) atoms. The summed E-state index contributed by atoms with van der Waals surface area (Å²) in [7, 11) is 3.24. The average molecular weight is 500 g/mol. The van der Waals surface area contributed by atoms with Crippen LogP contribution in [0, 0.1) is 11.3 Å². The van der Waals surface area contributed by atoms with E-state index in [0.29, 0.717) is 11.3 Å². The number of hydrogen-bond donors (Lipinski definition) is 0. The van der Waals surface area contributed by atoms with Crippen LogP contribution in [0.2, 0.25) is 0 Å². The normalized spacial score (nSPS) is 15.8. The summed E-state index contributed by atoms with van der Waals surface area (Å²) in [4.78, 5) is 2.56. The minimum atomic E-state index is -0.322. The van der Waals surface area contributed by atoms with Crippen LogP contribution < -0.4 is 14.4 Å². The van der Waals surface area contributed by atoms with Gasteiger partial charge >= 0.3 is 0 Å². The molecule has 1 heterocycles. The van der Waals surface area contributed by atoms with Gasteiger partial charge in [0.1, 0.15) is 11.5 Å². The minimum Gasteiger partial charge on any atom is -0.497 e. The number of hydrogen-bond acceptors (Lipinski definition) is 4. The molecule has 1 aliphatic heterocycles. The summed E-state index contributed by atoms with van der Waals surface area (Å²) in [5.41, 5.74) is 4.52. The second-order valence-electron chi connectivity index (χ2n) is 11.1. The van der Waals surface area contributed by atoms with E-state index in [-0.39, 0.29) is 8.15 Å². The van der Waals surface area contributed by atoms with Gasteiger partial charge in [0.05, 0.1) is 13.7 Å². The molecular formula is C30H46NO3P. The van der Waals surface area contributed by atoms with Crippen LogP contribution in [-0.4, -0.2) is 46.7 Å². The molecule has 3 rings (SSSR count). The molecular weight excluding hydrogens is 453 g/mol. The van der Waals surface area contributed by atoms with Gasteiger partial charge in [0.25, 0.3) is 0 Å². The molecule has 1 atom stereocenters. The van der Waals surface area contributed by atoms with Gasteiger partial charge in [0, 0.05) is 40.1 Å². The molecule has 2 aromatic carbocycles. The Hall–Kier alpha value is -1.77. The van der Waals surface area contributed by atoms with Crippen molar-refractivity contribution in [2.75, 3.05) is 51.6 Å². The summed E-state index contributed by atoms with van der Waals surface area (Å²) in [6, 6.07) is 15.2. The first-order valence-corrected chi connectivity index (χ1v) is 15.1. The van der Waals surface area contributed by atoms with Crippen LogP contribution >= 0.6 is 8.15 Å². The van der Waals surface area contributed by atoms with Crippen molar-refractivity contribution in [2.45, 2.75) is 59.3 Å². The van der Waals surface area contributed by atoms with Gasteiger partial charge < -0.3 is 18.9 Å². The Bertz CT molecular complexity index is 903. The quantitative estimate of drug-likeness (QED) is 0.282. The Morgan fingerprint density at radius 2 is 1.74 bits per heavy atom. The van der Waals surface area contributed by atoms with Crippen molar-refractivity contribution >= 4 is 13.8 Å². The topological polar surface area (TPSA) is 30.9 Å². The Kier molecular flexibility index (Phi) is 10.7. The van der Waals surface area contributed by atoms with Gasteiger partial charge in [-0.3, -0.25) is 0 Å². The molecule has 0 aromatic heterocycles. The van der Waals surface area contributed by atoms with Crippen molar-refractivity contribution in [1.29, 1.82) is 0 Å². The predicted octanol–water partition coefficient (Wildman–Crippen LogP) is 7.58. The second-order valence-corrected chi connectivity index (χ2v) is 13.1. The first-order chi connectivity index (χ1) is 16.8. The number of nitrogens with zero attached hydrogens (tertiary/aromatic N) is 1. The van der Waals surface area contributed by atoms with E-state index >= 15 is 0 Å². The lowest BCUT2D eigenvalue weighted by atomic mass is 9.88. The van der Waals surface area contributed by atoms with E-state index in [1.165, 1.54) is 29.7 Å². The highest BCUT2D eigenvalue weighted by molar-refractivity contribution is 7.51. The summed E-state index contributed by atoms with van der Waals surface area (Å²) in [6.07, 6.45) is 8.04. The van der Waals surface area contributed by atoms with Crippen LogP contribution in [-0.2, 0) is 17.4 Å². The standard InChI is InChI=1S/C30H46NO3P/c1-30(2,3)17-8-10-26-12-13-27(32-4)22-29(26)31-18-14-25(15-19-31)23-34-28-11-7-9-24(21-28)16-20-35(6)33-5/h7,9,11-13,21-22,25H,8,10,14-20,23H2,1-6H3. The zero-order valence-corrected chi connectivity index (χ0v) is 23.7. The van der Waals surface area contributed by atoms with Crippen molar-refractivity contribution in [3.63, 3.8) is 0 Å². The molecule has 194 valence electrons. The van der Waals surface area contributed by atoms with Crippen LogP contribution in [0.4, 0.5) is 5.69 Å². The second kappa shape index (κ2) is 13.5. The van der Waals surface area contributed by atoms with Crippen molar-refractivity contribution in [3.8, 4) is 11.5 Å². The maximum absolute atomic E-state index is 6.24. The van der Waals surface area contributed by atoms with Crippen molar-refractivity contribution in [3.05, 3.63) is 53.6 Å². The molecule has 1 saturated heterocycles. The highest BCUT2D eigenvalue weighted by Gasteiger charge is 2.22. The summed E-state index contributed by atoms with van der Waals surface area (Å²) >= 11 is 0. The molecule has 0 N–H and O–H groups in total. The average Bonchev–Trinajstić information content (AvgIpc) is 2.86. The summed E-state index contributed by atoms with van der Waals surface area (Å²) in [6.45, 7) is 12.1. The summed E-state index contributed by atoms with van der Waals surface area (Å²) in [5, 5.41) is 0. The fourth-order valence-corrected chi connectivity index (χ4v) is 5.46. The zero-order chi connectivity index (χ0) is 25.3. The first-order valence-electron chi connectivity index (χ1n) is 13.2. The third-order valence-corrected chi connectivity index (χ3v) is 8.51. The van der Waals surface area contributed by atoms with Crippen molar-refractivity contribution in [2.24, 2.45) is 11.3 Å². The molecule has 0 amide bonds. The number of anilines is 1. The fraction of sp³-hybridized carbons (Fsp3) is 0.600. The maximum Gasteiger partial charge on any atom is 0.120 e. The molecule has 1 unspecified atom stereocenters. The van der Waals surface area contributed by atoms with E-state index in [0.717, 1.165) is 63.0 Å². The lowest BCUT2D eigenvalue weighted by molar-refractivity contribution is 0.222. The number of rotatable bonds is 12. The third-order valence-electron chi connectivity index (χ3n) is 7.03. The van der Waals surface area contributed by atoms with Crippen LogP contribution in [0.1, 0.15) is 57.6 Å². The molecule has 0 aliphatic carbocycles. The molecule has 1 fully saturated rings. The van der Waals surface area contributed by atoms with E-state index in [1.54, 1.807) is 14.2 Å². The highest BCUT2D eigenvalue weighted by Crippen LogP contribution is 2.33. The van der Waals surface area contributed by atoms with Crippen molar-refractivity contribution < 1.29 is 14.0 Å². The highest BCUT2D eigenvalue weighted by atomic mass is 31.1. The Morgan fingerprint density at radius 3 is 2.43 bits per heavy atom. The summed E-state index contributed by atoms with van der Waals surface area (Å²) in [5.74, 6) is 2.55. The van der Waals surface area contributed by atoms with Gasteiger partial charge in [-0.1, -0.05) is 39.0 Å². The molecule has 0 spiro atoms. The fourth-order valence-electron chi connectivity index (χ4n) is 4.71. The SMILES string of the molecule is COc1ccc(CCCC(C)(C)C)c(N2CCC(COc3cccc(CCP(C)OC)c3)CC2)c1. The van der Waals surface area contributed by atoms with E-state index < -0.39 is 0 Å². The molecule has 1 aliphatic rings. The van der Waals surface area contributed by atoms with Crippen LogP contribution in [0.15, 0.2) is 42.5 Å². The number of methoxy groups -OCH3 is 1. The van der Waals surface area contributed by atoms with Gasteiger partial charge in [-0.25, -0.2) is 0 Å². The van der Waals surface area contributed by atoms with Gasteiger partial charge in [-0.05, 0) is 92.0 Å². The number of benzene rings is 2. The van der Waals surface area contributed by atoms with Gasteiger partial charge in [-0.15, -0.1) is 0 Å². The van der Waals surface area contributed by atoms with Crippen LogP contribution in [0.5, 0.6) is 11.5 Å². The lowest BCUT2D eigenvalue weighted by Crippen LogP contribution is -2.36. The number of ether oxygens (including phenoxy) is 2. The van der Waals surface area contributed by atoms with Gasteiger partial charge in [-0.2, -0.15) is 0 Å². The third kappa shape index (κ3) is 9.32. The molecule has 0 bridgehead atoms. The Labute approximate surface area is 215 Å². The van der Waals surface area contributed by atoms with Crippen LogP contribution in [0.25, 0.3) is 0 Å². The Balaban J connectivity index is 1.52. The minimum absolute atomic E-state index is 0.322. The smallest absolute Gasteiger partial charge is 0.120 e. The largest absolute Gasteiger partial charge is 0.497 e. The van der Waals surface area contributed by atoms with E-state index in [1.807, 2.05) is 0 Å². The Morgan fingerprint density at radius 1 is 0.971 bits per heavy atom. The van der Waals surface area contributed by atoms with Crippen LogP contribution in [0.3, 0.4) is 0 Å². The van der Waals surface area contributed by atoms with E-state index in [2.05, 4.69) is 74.8 Å². The molecule has 0 saturated carbocycles. The number of piperidine rings is 1. The predicted molar refractivity (Wildman–Crippen MR) is 151 cm³/mol. The van der Waals surface area contributed by atoms with Crippen molar-refractivity contribution in [1.82, 2.24) is 0 Å². The first kappa shape index (κ1) is 27.8. The monoisotopic (exact) mass is 499 g/mol. The maximum atomic E-state index is 6.24. The van der Waals surface area contributed by atoms with E-state index in [9.17, 15) is 0 Å². The number of aryl methyl sites for hydroxylation is 2. The van der Waals surface area contributed by atoms with E-state index in [4.69, 9.17) is 14.0 Å². The van der Waals surface area contributed by atoms with Gasteiger partial charge in [0.15, 0.2) is 0 Å². The summed E-state index contributed by atoms with van der Waals surface area (Å²) < 4.78 is 17.2. The zero-order valence-electron chi connectivity index (χ0n) is 22.8. The molecule has 4 nitrogen and oxygen atoms in total. The molecule has 0 radical (unpaired) electrons. The molecule has 2 aromatic rings. The molecule has 5 heteroatoms. The van der Waals surface area contributed by atoms with Gasteiger partial charge in [0.2, 0.25) is 0 Å².